The Labute approximate surface area is 96.4 Å². The molecule has 16 heavy (non-hydrogen) atoms. The Bertz CT molecular complexity index is 346. The lowest BCUT2D eigenvalue weighted by atomic mass is 9.96. The van der Waals surface area contributed by atoms with E-state index in [1.807, 2.05) is 12.1 Å². The van der Waals surface area contributed by atoms with Crippen molar-refractivity contribution in [3.8, 4) is 5.88 Å². The zero-order valence-corrected chi connectivity index (χ0v) is 9.89. The van der Waals surface area contributed by atoms with E-state index in [0.717, 1.165) is 25.2 Å². The van der Waals surface area contributed by atoms with Crippen molar-refractivity contribution in [3.05, 3.63) is 18.3 Å². The normalized spacial score (nSPS) is 25.6. The molecule has 2 rings (SSSR count). The van der Waals surface area contributed by atoms with Crippen molar-refractivity contribution in [2.45, 2.75) is 19.4 Å². The maximum Gasteiger partial charge on any atom is 0.214 e. The third kappa shape index (κ3) is 2.44. The van der Waals surface area contributed by atoms with E-state index >= 15 is 0 Å². The van der Waals surface area contributed by atoms with E-state index in [-0.39, 0.29) is 6.04 Å². The van der Waals surface area contributed by atoms with Gasteiger partial charge in [0.05, 0.1) is 7.11 Å². The molecule has 4 nitrogen and oxygen atoms in total. The van der Waals surface area contributed by atoms with Crippen LogP contribution in [0.3, 0.4) is 0 Å². The summed E-state index contributed by atoms with van der Waals surface area (Å²) in [6.45, 7) is 4.21. The number of ether oxygens (including phenoxy) is 1. The smallest absolute Gasteiger partial charge is 0.214 e. The number of aromatic nitrogens is 1. The summed E-state index contributed by atoms with van der Waals surface area (Å²) >= 11 is 0. The van der Waals surface area contributed by atoms with Gasteiger partial charge in [-0.15, -0.1) is 0 Å². The molecule has 1 aliphatic heterocycles. The lowest BCUT2D eigenvalue weighted by Crippen LogP contribution is -2.46. The minimum Gasteiger partial charge on any atom is -0.481 e. The summed E-state index contributed by atoms with van der Waals surface area (Å²) in [5, 5.41) is 0. The van der Waals surface area contributed by atoms with Gasteiger partial charge in [0.1, 0.15) is 0 Å². The number of hydrogen-bond acceptors (Lipinski definition) is 4. The quantitative estimate of drug-likeness (QED) is 0.817. The predicted molar refractivity (Wildman–Crippen MR) is 64.8 cm³/mol. The molecule has 1 aromatic rings. The summed E-state index contributed by atoms with van der Waals surface area (Å²) in [6.07, 6.45) is 2.89. The average molecular weight is 221 g/mol. The van der Waals surface area contributed by atoms with Gasteiger partial charge in [-0.05, 0) is 18.4 Å². The molecule has 0 bridgehead atoms. The molecule has 4 heteroatoms. The zero-order valence-electron chi connectivity index (χ0n) is 9.89. The number of hydrogen-bond donors (Lipinski definition) is 1. The van der Waals surface area contributed by atoms with Crippen molar-refractivity contribution in [2.24, 2.45) is 11.7 Å². The fourth-order valence-electron chi connectivity index (χ4n) is 2.32. The van der Waals surface area contributed by atoms with Crippen LogP contribution in [0.4, 0.5) is 5.69 Å². The van der Waals surface area contributed by atoms with Crippen LogP contribution in [0.2, 0.25) is 0 Å². The summed E-state index contributed by atoms with van der Waals surface area (Å²) in [6, 6.07) is 4.24. The van der Waals surface area contributed by atoms with Crippen molar-refractivity contribution < 1.29 is 4.74 Å². The standard InChI is InChI=1S/C12H19N3O/c1-9-5-10(13)8-15(7-9)11-3-4-14-12(6-11)16-2/h3-4,6,9-10H,5,7-8,13H2,1-2H3. The molecule has 1 saturated heterocycles. The molecule has 0 radical (unpaired) electrons. The van der Waals surface area contributed by atoms with Gasteiger partial charge < -0.3 is 15.4 Å². The Morgan fingerprint density at radius 3 is 3.00 bits per heavy atom. The van der Waals surface area contributed by atoms with Gasteiger partial charge in [-0.25, -0.2) is 4.98 Å². The zero-order chi connectivity index (χ0) is 11.5. The van der Waals surface area contributed by atoms with Crippen LogP contribution in [0.5, 0.6) is 5.88 Å². The van der Waals surface area contributed by atoms with Crippen LogP contribution in [-0.4, -0.2) is 31.2 Å². The van der Waals surface area contributed by atoms with E-state index in [1.165, 1.54) is 0 Å². The molecule has 2 unspecified atom stereocenters. The summed E-state index contributed by atoms with van der Waals surface area (Å²) in [5.74, 6) is 1.30. The molecule has 2 heterocycles. The molecule has 1 fully saturated rings. The average Bonchev–Trinajstić information content (AvgIpc) is 2.28. The maximum absolute atomic E-state index is 6.03. The van der Waals surface area contributed by atoms with Gasteiger partial charge >= 0.3 is 0 Å². The second-order valence-corrected chi connectivity index (χ2v) is 4.56. The van der Waals surface area contributed by atoms with Gasteiger partial charge in [-0.1, -0.05) is 6.92 Å². The number of nitrogens with two attached hydrogens (primary N) is 1. The predicted octanol–water partition coefficient (Wildman–Crippen LogP) is 1.26. The highest BCUT2D eigenvalue weighted by Gasteiger charge is 2.22. The lowest BCUT2D eigenvalue weighted by molar-refractivity contribution is 0.392. The van der Waals surface area contributed by atoms with Crippen LogP contribution in [0.15, 0.2) is 18.3 Å². The van der Waals surface area contributed by atoms with Gasteiger partial charge in [0.25, 0.3) is 0 Å². The number of nitrogens with zero attached hydrogens (tertiary/aromatic N) is 2. The first-order valence-electron chi connectivity index (χ1n) is 5.69. The third-order valence-electron chi connectivity index (χ3n) is 2.98. The SMILES string of the molecule is COc1cc(N2CC(C)CC(N)C2)ccn1. The summed E-state index contributed by atoms with van der Waals surface area (Å²) in [7, 11) is 1.64. The number of piperidine rings is 1. The fourth-order valence-corrected chi connectivity index (χ4v) is 2.32. The van der Waals surface area contributed by atoms with Crippen molar-refractivity contribution in [1.29, 1.82) is 0 Å². The molecular weight excluding hydrogens is 202 g/mol. The van der Waals surface area contributed by atoms with E-state index in [0.29, 0.717) is 11.8 Å². The largest absolute Gasteiger partial charge is 0.481 e. The number of pyridine rings is 1. The van der Waals surface area contributed by atoms with E-state index in [9.17, 15) is 0 Å². The van der Waals surface area contributed by atoms with Gasteiger partial charge in [0.2, 0.25) is 5.88 Å². The monoisotopic (exact) mass is 221 g/mol. The van der Waals surface area contributed by atoms with Gasteiger partial charge in [0, 0.05) is 37.1 Å². The highest BCUT2D eigenvalue weighted by molar-refractivity contribution is 5.48. The summed E-state index contributed by atoms with van der Waals surface area (Å²) in [5.41, 5.74) is 7.18. The van der Waals surface area contributed by atoms with E-state index in [1.54, 1.807) is 13.3 Å². The van der Waals surface area contributed by atoms with E-state index < -0.39 is 0 Å². The van der Waals surface area contributed by atoms with E-state index in [2.05, 4.69) is 16.8 Å². The minimum absolute atomic E-state index is 0.267. The van der Waals surface area contributed by atoms with Crippen molar-refractivity contribution in [3.63, 3.8) is 0 Å². The minimum atomic E-state index is 0.267. The van der Waals surface area contributed by atoms with Crippen LogP contribution in [0.1, 0.15) is 13.3 Å². The molecule has 2 N–H and O–H groups in total. The summed E-state index contributed by atoms with van der Waals surface area (Å²) in [4.78, 5) is 6.42. The first kappa shape index (κ1) is 11.2. The van der Waals surface area contributed by atoms with Crippen LogP contribution in [0, 0.1) is 5.92 Å². The first-order chi connectivity index (χ1) is 7.69. The number of rotatable bonds is 2. The molecule has 2 atom stereocenters. The Balaban J connectivity index is 2.16. The van der Waals surface area contributed by atoms with Crippen molar-refractivity contribution >= 4 is 5.69 Å². The first-order valence-corrected chi connectivity index (χ1v) is 5.69. The molecule has 1 aliphatic rings. The maximum atomic E-state index is 6.03. The molecule has 0 amide bonds. The van der Waals surface area contributed by atoms with Crippen LogP contribution < -0.4 is 15.4 Å². The Morgan fingerprint density at radius 2 is 2.31 bits per heavy atom. The molecule has 1 aromatic heterocycles. The van der Waals surface area contributed by atoms with Gasteiger partial charge in [0.15, 0.2) is 0 Å². The summed E-state index contributed by atoms with van der Waals surface area (Å²) < 4.78 is 5.13. The second-order valence-electron chi connectivity index (χ2n) is 4.56. The van der Waals surface area contributed by atoms with Crippen LogP contribution in [0.25, 0.3) is 0 Å². The molecule has 0 saturated carbocycles. The Kier molecular flexibility index (Phi) is 3.29. The third-order valence-corrected chi connectivity index (χ3v) is 2.98. The Hall–Kier alpha value is -1.29. The number of methoxy groups -OCH3 is 1. The second kappa shape index (κ2) is 4.70. The van der Waals surface area contributed by atoms with E-state index in [4.69, 9.17) is 10.5 Å². The lowest BCUT2D eigenvalue weighted by Gasteiger charge is -2.36. The number of anilines is 1. The molecule has 88 valence electrons. The molecule has 0 aliphatic carbocycles. The molecule has 0 aromatic carbocycles. The fraction of sp³-hybridized carbons (Fsp3) is 0.583. The highest BCUT2D eigenvalue weighted by Crippen LogP contribution is 2.24. The van der Waals surface area contributed by atoms with Crippen LogP contribution >= 0.6 is 0 Å². The topological polar surface area (TPSA) is 51.4 Å². The molecular formula is C12H19N3O. The van der Waals surface area contributed by atoms with Gasteiger partial charge in [-0.2, -0.15) is 0 Å². The van der Waals surface area contributed by atoms with Crippen LogP contribution in [-0.2, 0) is 0 Å². The van der Waals surface area contributed by atoms with Crippen molar-refractivity contribution in [1.82, 2.24) is 4.98 Å². The highest BCUT2D eigenvalue weighted by atomic mass is 16.5. The van der Waals surface area contributed by atoms with Gasteiger partial charge in [-0.3, -0.25) is 0 Å². The molecule has 0 spiro atoms. The van der Waals surface area contributed by atoms with Crippen molar-refractivity contribution in [2.75, 3.05) is 25.1 Å². The Morgan fingerprint density at radius 1 is 1.50 bits per heavy atom.